The molecule has 0 aliphatic carbocycles. The van der Waals surface area contributed by atoms with Gasteiger partial charge in [0.25, 0.3) is 5.91 Å². The first-order chi connectivity index (χ1) is 13.6. The number of carbonyl (C=O) groups is 1. The lowest BCUT2D eigenvalue weighted by atomic mass is 10.2. The van der Waals surface area contributed by atoms with Gasteiger partial charge in [-0.3, -0.25) is 4.79 Å². The predicted octanol–water partition coefficient (Wildman–Crippen LogP) is 3.83. The maximum atomic E-state index is 12.0. The maximum Gasteiger partial charge on any atom is 0.262 e. The number of ether oxygens (including phenoxy) is 1. The normalized spacial score (nSPS) is 10.9. The Morgan fingerprint density at radius 3 is 2.32 bits per heavy atom. The minimum absolute atomic E-state index is 0.00314. The van der Waals surface area contributed by atoms with E-state index < -0.39 is 0 Å². The van der Waals surface area contributed by atoms with E-state index in [1.807, 2.05) is 55.5 Å². The summed E-state index contributed by atoms with van der Waals surface area (Å²) in [4.78, 5) is 14.4. The summed E-state index contributed by atoms with van der Waals surface area (Å²) in [6.07, 6.45) is 1.15. The molecule has 0 aliphatic rings. The molecule has 0 radical (unpaired) electrons. The Bertz CT molecular complexity index is 695. The van der Waals surface area contributed by atoms with Gasteiger partial charge >= 0.3 is 0 Å². The van der Waals surface area contributed by atoms with Crippen LogP contribution in [0.5, 0.6) is 5.75 Å². The van der Waals surface area contributed by atoms with Gasteiger partial charge in [-0.2, -0.15) is 0 Å². The first-order valence-corrected chi connectivity index (χ1v) is 10.1. The van der Waals surface area contributed by atoms with Crippen molar-refractivity contribution >= 4 is 11.6 Å². The second-order valence-electron chi connectivity index (χ2n) is 6.90. The number of hydrogen-bond donors (Lipinski definition) is 2. The summed E-state index contributed by atoms with van der Waals surface area (Å²) in [5, 5.41) is 6.30. The monoisotopic (exact) mass is 383 g/mol. The molecule has 152 valence electrons. The number of anilines is 1. The zero-order valence-electron chi connectivity index (χ0n) is 17.3. The molecule has 0 bridgehead atoms. The lowest BCUT2D eigenvalue weighted by Gasteiger charge is -2.17. The first kappa shape index (κ1) is 21.9. The van der Waals surface area contributed by atoms with Crippen molar-refractivity contribution in [3.8, 4) is 5.75 Å². The second-order valence-corrected chi connectivity index (χ2v) is 6.90. The quantitative estimate of drug-likeness (QED) is 0.547. The van der Waals surface area contributed by atoms with Crippen molar-refractivity contribution in [1.82, 2.24) is 10.2 Å². The zero-order chi connectivity index (χ0) is 20.2. The van der Waals surface area contributed by atoms with Gasteiger partial charge in [-0.1, -0.05) is 43.7 Å². The highest BCUT2D eigenvalue weighted by Crippen LogP contribution is 2.13. The highest BCUT2D eigenvalue weighted by atomic mass is 16.5. The average Bonchev–Trinajstić information content (AvgIpc) is 2.72. The van der Waals surface area contributed by atoms with Crippen LogP contribution in [0.2, 0.25) is 0 Å². The Hall–Kier alpha value is -2.37. The molecule has 5 heteroatoms. The fourth-order valence-electron chi connectivity index (χ4n) is 2.89. The van der Waals surface area contributed by atoms with Crippen LogP contribution in [0.25, 0.3) is 0 Å². The smallest absolute Gasteiger partial charge is 0.262 e. The number of benzene rings is 2. The van der Waals surface area contributed by atoms with E-state index >= 15 is 0 Å². The minimum Gasteiger partial charge on any atom is -0.484 e. The number of amides is 1. The molecule has 0 saturated carbocycles. The largest absolute Gasteiger partial charge is 0.484 e. The summed E-state index contributed by atoms with van der Waals surface area (Å²) < 4.78 is 5.57. The molecular weight excluding hydrogens is 350 g/mol. The van der Waals surface area contributed by atoms with Gasteiger partial charge in [-0.15, -0.1) is 0 Å². The van der Waals surface area contributed by atoms with Crippen LogP contribution in [0.1, 0.15) is 31.4 Å². The molecule has 28 heavy (non-hydrogen) atoms. The van der Waals surface area contributed by atoms with Crippen molar-refractivity contribution in [1.29, 1.82) is 0 Å². The summed E-state index contributed by atoms with van der Waals surface area (Å²) in [5.41, 5.74) is 3.15. The Morgan fingerprint density at radius 1 is 1.00 bits per heavy atom. The van der Waals surface area contributed by atoms with E-state index in [1.54, 1.807) is 0 Å². The van der Waals surface area contributed by atoms with Crippen LogP contribution in [0.15, 0.2) is 48.5 Å². The van der Waals surface area contributed by atoms with E-state index in [0.717, 1.165) is 50.4 Å². The number of carbonyl (C=O) groups excluding carboxylic acids is 1. The summed E-state index contributed by atoms with van der Waals surface area (Å²) >= 11 is 0. The molecule has 2 rings (SSSR count). The lowest BCUT2D eigenvalue weighted by molar-refractivity contribution is -0.118. The molecule has 0 heterocycles. The van der Waals surface area contributed by atoms with E-state index in [9.17, 15) is 4.79 Å². The van der Waals surface area contributed by atoms with Crippen LogP contribution in [0, 0.1) is 6.92 Å². The summed E-state index contributed by atoms with van der Waals surface area (Å²) in [5.74, 6) is 0.534. The number of nitrogens with one attached hydrogen (secondary N) is 2. The van der Waals surface area contributed by atoms with E-state index in [-0.39, 0.29) is 12.5 Å². The Morgan fingerprint density at radius 2 is 1.68 bits per heavy atom. The highest BCUT2D eigenvalue weighted by molar-refractivity contribution is 5.91. The van der Waals surface area contributed by atoms with Crippen molar-refractivity contribution in [2.75, 3.05) is 38.1 Å². The minimum atomic E-state index is -0.164. The third-order valence-electron chi connectivity index (χ3n) is 4.68. The average molecular weight is 384 g/mol. The van der Waals surface area contributed by atoms with Crippen LogP contribution in [-0.4, -0.2) is 43.6 Å². The molecule has 5 nitrogen and oxygen atoms in total. The third kappa shape index (κ3) is 8.11. The Balaban J connectivity index is 1.65. The molecule has 0 saturated heterocycles. The van der Waals surface area contributed by atoms with Crippen LogP contribution in [0.4, 0.5) is 5.69 Å². The van der Waals surface area contributed by atoms with Gasteiger partial charge in [-0.05, 0) is 69.4 Å². The van der Waals surface area contributed by atoms with Gasteiger partial charge in [0, 0.05) is 12.2 Å². The fourth-order valence-corrected chi connectivity index (χ4v) is 2.89. The molecule has 2 N–H and O–H groups in total. The predicted molar refractivity (Wildman–Crippen MR) is 116 cm³/mol. The van der Waals surface area contributed by atoms with Crippen molar-refractivity contribution in [3.63, 3.8) is 0 Å². The molecule has 1 amide bonds. The maximum absolute atomic E-state index is 12.0. The van der Waals surface area contributed by atoms with Gasteiger partial charge in [0.2, 0.25) is 0 Å². The highest BCUT2D eigenvalue weighted by Gasteiger charge is 2.04. The summed E-state index contributed by atoms with van der Waals surface area (Å²) in [6.45, 7) is 11.6. The molecule has 0 atom stereocenters. The molecule has 2 aromatic carbocycles. The molecule has 0 spiro atoms. The fraction of sp³-hybridized carbons (Fsp3) is 0.435. The van der Waals surface area contributed by atoms with E-state index in [2.05, 4.69) is 29.4 Å². The van der Waals surface area contributed by atoms with Crippen LogP contribution < -0.4 is 15.4 Å². The number of rotatable bonds is 12. The SMILES string of the molecule is CCN(CC)CCCNCc1ccc(OCC(=O)Nc2ccc(C)cc2)cc1. The van der Waals surface area contributed by atoms with Gasteiger partial charge in [0.15, 0.2) is 6.61 Å². The van der Waals surface area contributed by atoms with Gasteiger partial charge in [0.05, 0.1) is 0 Å². The van der Waals surface area contributed by atoms with Crippen molar-refractivity contribution < 1.29 is 9.53 Å². The first-order valence-electron chi connectivity index (χ1n) is 10.1. The van der Waals surface area contributed by atoms with Crippen molar-refractivity contribution in [2.45, 2.75) is 33.7 Å². The molecule has 0 unspecified atom stereocenters. The van der Waals surface area contributed by atoms with Crippen LogP contribution >= 0.6 is 0 Å². The zero-order valence-corrected chi connectivity index (χ0v) is 17.3. The number of aryl methyl sites for hydroxylation is 1. The molecule has 0 aromatic heterocycles. The van der Waals surface area contributed by atoms with Gasteiger partial charge in [0.1, 0.15) is 5.75 Å². The number of hydrogen-bond acceptors (Lipinski definition) is 4. The standard InChI is InChI=1S/C23H33N3O2/c1-4-26(5-2)16-6-15-24-17-20-9-13-22(14-10-20)28-18-23(27)25-21-11-7-19(3)8-12-21/h7-14,24H,4-6,15-18H2,1-3H3,(H,25,27). The summed E-state index contributed by atoms with van der Waals surface area (Å²) in [6, 6.07) is 15.6. The molecular formula is C23H33N3O2. The van der Waals surface area contributed by atoms with Crippen LogP contribution in [-0.2, 0) is 11.3 Å². The van der Waals surface area contributed by atoms with E-state index in [0.29, 0.717) is 5.75 Å². The second kappa shape index (κ2) is 12.2. The topological polar surface area (TPSA) is 53.6 Å². The lowest BCUT2D eigenvalue weighted by Crippen LogP contribution is -2.27. The molecule has 0 aliphatic heterocycles. The van der Waals surface area contributed by atoms with Crippen molar-refractivity contribution in [2.24, 2.45) is 0 Å². The Labute approximate surface area is 169 Å². The van der Waals surface area contributed by atoms with E-state index in [4.69, 9.17) is 4.74 Å². The molecule has 2 aromatic rings. The third-order valence-corrected chi connectivity index (χ3v) is 4.68. The molecule has 0 fully saturated rings. The van der Waals surface area contributed by atoms with Gasteiger partial charge < -0.3 is 20.3 Å². The van der Waals surface area contributed by atoms with E-state index in [1.165, 1.54) is 5.56 Å². The summed E-state index contributed by atoms with van der Waals surface area (Å²) in [7, 11) is 0. The van der Waals surface area contributed by atoms with Crippen LogP contribution in [0.3, 0.4) is 0 Å². The number of nitrogens with zero attached hydrogens (tertiary/aromatic N) is 1. The van der Waals surface area contributed by atoms with Gasteiger partial charge in [-0.25, -0.2) is 0 Å². The van der Waals surface area contributed by atoms with Crippen molar-refractivity contribution in [3.05, 3.63) is 59.7 Å². The Kier molecular flexibility index (Phi) is 9.52.